The van der Waals surface area contributed by atoms with Gasteiger partial charge in [-0.25, -0.2) is 0 Å². The van der Waals surface area contributed by atoms with Gasteiger partial charge in [0.1, 0.15) is 5.75 Å². The van der Waals surface area contributed by atoms with E-state index in [1.807, 2.05) is 0 Å². The van der Waals surface area contributed by atoms with Crippen molar-refractivity contribution in [2.45, 2.75) is 44.6 Å². The molecule has 1 saturated heterocycles. The monoisotopic (exact) mass is 353 g/mol. The van der Waals surface area contributed by atoms with E-state index in [4.69, 9.17) is 5.11 Å². The molecule has 3 N–H and O–H groups in total. The van der Waals surface area contributed by atoms with Crippen LogP contribution in [0.3, 0.4) is 0 Å². The van der Waals surface area contributed by atoms with Crippen LogP contribution in [0.5, 0.6) is 5.75 Å². The van der Waals surface area contributed by atoms with Gasteiger partial charge in [0, 0.05) is 18.2 Å². The van der Waals surface area contributed by atoms with Crippen molar-refractivity contribution < 1.29 is 15.0 Å². The normalized spacial score (nSPS) is 25.4. The molecule has 1 fully saturated rings. The van der Waals surface area contributed by atoms with Gasteiger partial charge in [-0.1, -0.05) is 12.5 Å². The summed E-state index contributed by atoms with van der Waals surface area (Å²) in [5, 5.41) is 22.8. The van der Waals surface area contributed by atoms with Crippen LogP contribution in [0.25, 0.3) is 0 Å². The second kappa shape index (κ2) is 5.97. The number of benzene rings is 1. The minimum atomic E-state index is -0.765. The molecule has 1 heterocycles. The number of aromatic hydroxyl groups is 1. The van der Waals surface area contributed by atoms with Gasteiger partial charge in [0.15, 0.2) is 0 Å². The Morgan fingerprint density at radius 1 is 1.29 bits per heavy atom. The molecule has 3 rings (SSSR count). The van der Waals surface area contributed by atoms with Gasteiger partial charge in [-0.2, -0.15) is 0 Å². The Hall–Kier alpha value is -1.07. The van der Waals surface area contributed by atoms with Crippen molar-refractivity contribution in [2.24, 2.45) is 5.92 Å². The molecule has 114 valence electrons. The molecule has 0 spiro atoms. The Bertz CT molecular complexity index is 573. The summed E-state index contributed by atoms with van der Waals surface area (Å²) in [5.41, 5.74) is 3.36. The number of halogens is 1. The number of hydrogen-bond donors (Lipinski definition) is 3. The number of phenols is 1. The largest absolute Gasteiger partial charge is 0.506 e. The van der Waals surface area contributed by atoms with Crippen LogP contribution in [-0.4, -0.2) is 22.7 Å². The molecule has 0 bridgehead atoms. The van der Waals surface area contributed by atoms with Crippen LogP contribution in [0.15, 0.2) is 10.5 Å². The Balaban J connectivity index is 1.95. The molecule has 0 aromatic heterocycles. The quantitative estimate of drug-likeness (QED) is 0.714. The predicted molar refractivity (Wildman–Crippen MR) is 83.6 cm³/mol. The fourth-order valence-corrected chi connectivity index (χ4v) is 4.15. The number of aliphatic carboxylic acids is 1. The molecule has 1 aromatic rings. The molecule has 0 radical (unpaired) electrons. The summed E-state index contributed by atoms with van der Waals surface area (Å²) >= 11 is 3.55. The maximum absolute atomic E-state index is 11.1. The number of hydrogen-bond acceptors (Lipinski definition) is 3. The van der Waals surface area contributed by atoms with E-state index in [1.54, 1.807) is 0 Å². The van der Waals surface area contributed by atoms with Crippen molar-refractivity contribution in [3.8, 4) is 5.75 Å². The Labute approximate surface area is 132 Å². The fraction of sp³-hybridized carbons (Fsp3) is 0.562. The number of fused-ring (bicyclic) bond motifs is 1. The average Bonchev–Trinajstić information content (AvgIpc) is 2.83. The summed E-state index contributed by atoms with van der Waals surface area (Å²) < 4.78 is 0.803. The topological polar surface area (TPSA) is 69.6 Å². The van der Waals surface area contributed by atoms with Gasteiger partial charge in [-0.15, -0.1) is 0 Å². The summed E-state index contributed by atoms with van der Waals surface area (Å²) in [7, 11) is 0. The molecule has 2 aliphatic rings. The van der Waals surface area contributed by atoms with Gasteiger partial charge in [-0.3, -0.25) is 4.79 Å². The number of nitrogens with one attached hydrogen (secondary N) is 1. The van der Waals surface area contributed by atoms with E-state index in [9.17, 15) is 9.90 Å². The number of carboxylic acids is 1. The average molecular weight is 354 g/mol. The highest BCUT2D eigenvalue weighted by molar-refractivity contribution is 9.10. The van der Waals surface area contributed by atoms with Crippen LogP contribution in [0.4, 0.5) is 0 Å². The first-order valence-electron chi connectivity index (χ1n) is 7.57. The molecule has 1 aromatic carbocycles. The van der Waals surface area contributed by atoms with E-state index in [2.05, 4.69) is 27.3 Å². The molecule has 0 amide bonds. The molecule has 2 atom stereocenters. The van der Waals surface area contributed by atoms with E-state index in [1.165, 1.54) is 24.0 Å². The van der Waals surface area contributed by atoms with Crippen LogP contribution in [0.1, 0.15) is 48.4 Å². The van der Waals surface area contributed by atoms with Crippen LogP contribution < -0.4 is 5.32 Å². The Kier molecular flexibility index (Phi) is 4.22. The maximum Gasteiger partial charge on any atom is 0.307 e. The number of phenolic OH excluding ortho intramolecular Hbond substituents is 1. The second-order valence-corrected chi connectivity index (χ2v) is 6.85. The maximum atomic E-state index is 11.1. The van der Waals surface area contributed by atoms with Gasteiger partial charge in [0.05, 0.1) is 10.4 Å². The van der Waals surface area contributed by atoms with E-state index in [0.29, 0.717) is 13.0 Å². The first-order valence-corrected chi connectivity index (χ1v) is 8.36. The molecule has 4 nitrogen and oxygen atoms in total. The number of carbonyl (C=O) groups is 1. The van der Waals surface area contributed by atoms with Crippen molar-refractivity contribution in [3.05, 3.63) is 27.2 Å². The van der Waals surface area contributed by atoms with Gasteiger partial charge in [-0.05, 0) is 59.2 Å². The van der Waals surface area contributed by atoms with Crippen LogP contribution in [0, 0.1) is 5.92 Å². The van der Waals surface area contributed by atoms with E-state index < -0.39 is 5.97 Å². The third-order valence-electron chi connectivity index (χ3n) is 4.69. The van der Waals surface area contributed by atoms with Crippen molar-refractivity contribution >= 4 is 21.9 Å². The lowest BCUT2D eigenvalue weighted by atomic mass is 9.93. The fourth-order valence-electron chi connectivity index (χ4n) is 3.47. The minimum Gasteiger partial charge on any atom is -0.506 e. The van der Waals surface area contributed by atoms with Gasteiger partial charge in [0.2, 0.25) is 0 Å². The molecular formula is C16H20BrNO3. The summed E-state index contributed by atoms with van der Waals surface area (Å²) in [6.45, 7) is 0.466. The smallest absolute Gasteiger partial charge is 0.307 e. The zero-order valence-electron chi connectivity index (χ0n) is 11.9. The molecule has 1 aliphatic carbocycles. The summed E-state index contributed by atoms with van der Waals surface area (Å²) in [6, 6.07) is 2.01. The molecule has 0 saturated carbocycles. The zero-order chi connectivity index (χ0) is 15.0. The van der Waals surface area contributed by atoms with Gasteiger partial charge in [0.25, 0.3) is 0 Å². The van der Waals surface area contributed by atoms with Crippen LogP contribution in [-0.2, 0) is 17.6 Å². The van der Waals surface area contributed by atoms with E-state index >= 15 is 0 Å². The first kappa shape index (κ1) is 14.9. The highest BCUT2D eigenvalue weighted by Crippen LogP contribution is 2.42. The highest BCUT2D eigenvalue weighted by atomic mass is 79.9. The predicted octanol–water partition coefficient (Wildman–Crippen LogP) is 3.16. The van der Waals surface area contributed by atoms with Crippen LogP contribution in [0.2, 0.25) is 0 Å². The second-order valence-electron chi connectivity index (χ2n) is 6.06. The van der Waals surface area contributed by atoms with Gasteiger partial charge >= 0.3 is 5.97 Å². The molecule has 21 heavy (non-hydrogen) atoms. The third-order valence-corrected chi connectivity index (χ3v) is 5.55. The van der Waals surface area contributed by atoms with Crippen molar-refractivity contribution in [1.29, 1.82) is 0 Å². The molecule has 5 heteroatoms. The highest BCUT2D eigenvalue weighted by Gasteiger charge is 2.32. The lowest BCUT2D eigenvalue weighted by molar-refractivity contribution is -0.141. The first-order chi connectivity index (χ1) is 10.1. The van der Waals surface area contributed by atoms with Crippen molar-refractivity contribution in [3.63, 3.8) is 0 Å². The standard InChI is InChI=1S/C16H20BrNO3/c17-14-11-5-3-1-2-4-9(11)6-12(15(14)19)13-7-10(8-18-13)16(20)21/h6,10,13,18-19H,1-5,7-8H2,(H,20,21). The molecule has 2 unspecified atom stereocenters. The zero-order valence-corrected chi connectivity index (χ0v) is 13.4. The SMILES string of the molecule is O=C(O)C1CNC(c2cc3c(c(Br)c2O)CCCCC3)C1. The number of rotatable bonds is 2. The summed E-state index contributed by atoms with van der Waals surface area (Å²) in [4.78, 5) is 11.1. The van der Waals surface area contributed by atoms with E-state index in [0.717, 1.165) is 29.3 Å². The van der Waals surface area contributed by atoms with Crippen molar-refractivity contribution in [1.82, 2.24) is 5.32 Å². The third kappa shape index (κ3) is 2.81. The minimum absolute atomic E-state index is 0.0732. The lowest BCUT2D eigenvalue weighted by Gasteiger charge is -2.18. The summed E-state index contributed by atoms with van der Waals surface area (Å²) in [6.07, 6.45) is 6.14. The number of carboxylic acid groups (broad SMARTS) is 1. The summed E-state index contributed by atoms with van der Waals surface area (Å²) in [5.74, 6) is -0.857. The number of aryl methyl sites for hydroxylation is 1. The Morgan fingerprint density at radius 3 is 2.76 bits per heavy atom. The van der Waals surface area contributed by atoms with Crippen molar-refractivity contribution in [2.75, 3.05) is 6.54 Å². The van der Waals surface area contributed by atoms with E-state index in [-0.39, 0.29) is 17.7 Å². The molecule has 1 aliphatic heterocycles. The molecular weight excluding hydrogens is 334 g/mol. The van der Waals surface area contributed by atoms with Crippen LogP contribution >= 0.6 is 15.9 Å². The van der Waals surface area contributed by atoms with Gasteiger partial charge < -0.3 is 15.5 Å². The Morgan fingerprint density at radius 2 is 2.05 bits per heavy atom. The lowest BCUT2D eigenvalue weighted by Crippen LogP contribution is -2.17.